The predicted octanol–water partition coefficient (Wildman–Crippen LogP) is 2.21. The van der Waals surface area contributed by atoms with Crippen LogP contribution in [-0.4, -0.2) is 23.7 Å². The molecule has 1 fully saturated rings. The van der Waals surface area contributed by atoms with Gasteiger partial charge in [-0.15, -0.1) is 0 Å². The molecule has 92 valence electrons. The number of carboxylic acids is 1. The van der Waals surface area contributed by atoms with Crippen molar-refractivity contribution in [2.45, 2.75) is 31.7 Å². The Balaban J connectivity index is 2.16. The lowest BCUT2D eigenvalue weighted by Crippen LogP contribution is -2.35. The number of aromatic carboxylic acids is 1. The summed E-state index contributed by atoms with van der Waals surface area (Å²) in [6.07, 6.45) is 4.05. The van der Waals surface area contributed by atoms with Crippen molar-refractivity contribution in [3.63, 3.8) is 0 Å². The van der Waals surface area contributed by atoms with E-state index in [-0.39, 0.29) is 5.56 Å². The molecule has 2 rings (SSSR count). The van der Waals surface area contributed by atoms with E-state index in [1.807, 2.05) is 0 Å². The molecule has 0 aromatic heterocycles. The first-order valence-electron chi connectivity index (χ1n) is 5.92. The summed E-state index contributed by atoms with van der Waals surface area (Å²) in [6.45, 7) is 0.980. The molecule has 1 aliphatic rings. The van der Waals surface area contributed by atoms with Crippen LogP contribution in [-0.2, 0) is 6.42 Å². The van der Waals surface area contributed by atoms with Crippen LogP contribution in [0.1, 0.15) is 35.2 Å². The summed E-state index contributed by atoms with van der Waals surface area (Å²) in [6, 6.07) is 4.31. The second-order valence-electron chi connectivity index (χ2n) is 4.46. The molecule has 0 spiro atoms. The third kappa shape index (κ3) is 3.03. The van der Waals surface area contributed by atoms with Crippen molar-refractivity contribution < 1.29 is 14.3 Å². The number of rotatable bonds is 3. The van der Waals surface area contributed by atoms with Crippen molar-refractivity contribution in [1.82, 2.24) is 5.32 Å². The van der Waals surface area contributed by atoms with Crippen LogP contribution >= 0.6 is 0 Å². The maximum Gasteiger partial charge on any atom is 0.336 e. The monoisotopic (exact) mass is 237 g/mol. The van der Waals surface area contributed by atoms with Crippen molar-refractivity contribution in [2.75, 3.05) is 6.54 Å². The topological polar surface area (TPSA) is 49.3 Å². The SMILES string of the molecule is O=C(O)c1cc(F)ccc1CC1CCCCN1. The maximum absolute atomic E-state index is 13.0. The van der Waals surface area contributed by atoms with Crippen LogP contribution in [0.25, 0.3) is 0 Å². The summed E-state index contributed by atoms with van der Waals surface area (Å²) in [5.41, 5.74) is 0.788. The largest absolute Gasteiger partial charge is 0.478 e. The van der Waals surface area contributed by atoms with Crippen molar-refractivity contribution in [2.24, 2.45) is 0 Å². The molecule has 1 saturated heterocycles. The minimum atomic E-state index is -1.06. The summed E-state index contributed by atoms with van der Waals surface area (Å²) in [7, 11) is 0. The van der Waals surface area contributed by atoms with Gasteiger partial charge in [-0.3, -0.25) is 0 Å². The van der Waals surface area contributed by atoms with Gasteiger partial charge in [0, 0.05) is 6.04 Å². The molecule has 1 heterocycles. The zero-order valence-electron chi connectivity index (χ0n) is 9.58. The Morgan fingerprint density at radius 1 is 1.47 bits per heavy atom. The third-order valence-electron chi connectivity index (χ3n) is 3.18. The lowest BCUT2D eigenvalue weighted by molar-refractivity contribution is 0.0695. The number of carbonyl (C=O) groups is 1. The van der Waals surface area contributed by atoms with Crippen LogP contribution in [0.5, 0.6) is 0 Å². The first-order chi connectivity index (χ1) is 8.16. The van der Waals surface area contributed by atoms with Gasteiger partial charge in [-0.25, -0.2) is 9.18 Å². The highest BCUT2D eigenvalue weighted by atomic mass is 19.1. The number of halogens is 1. The van der Waals surface area contributed by atoms with E-state index in [1.165, 1.54) is 18.9 Å². The maximum atomic E-state index is 13.0. The summed E-state index contributed by atoms with van der Waals surface area (Å²) >= 11 is 0. The standard InChI is InChI=1S/C13H16FNO2/c14-10-5-4-9(12(8-10)13(16)17)7-11-3-1-2-6-15-11/h4-5,8,11,15H,1-3,6-7H2,(H,16,17). The number of carboxylic acid groups (broad SMARTS) is 1. The van der Waals surface area contributed by atoms with E-state index in [1.54, 1.807) is 6.07 Å². The van der Waals surface area contributed by atoms with Crippen LogP contribution in [0, 0.1) is 5.82 Å². The Bertz CT molecular complexity index is 414. The molecular weight excluding hydrogens is 221 g/mol. The van der Waals surface area contributed by atoms with Crippen molar-refractivity contribution in [3.8, 4) is 0 Å². The van der Waals surface area contributed by atoms with Gasteiger partial charge in [-0.2, -0.15) is 0 Å². The molecule has 0 saturated carbocycles. The van der Waals surface area contributed by atoms with Crippen LogP contribution in [0.4, 0.5) is 4.39 Å². The zero-order valence-corrected chi connectivity index (χ0v) is 9.58. The van der Waals surface area contributed by atoms with Gasteiger partial charge in [0.15, 0.2) is 0 Å². The van der Waals surface area contributed by atoms with Gasteiger partial charge < -0.3 is 10.4 Å². The summed E-state index contributed by atoms with van der Waals surface area (Å²) < 4.78 is 13.0. The number of piperidine rings is 1. The fraction of sp³-hybridized carbons (Fsp3) is 0.462. The summed E-state index contributed by atoms with van der Waals surface area (Å²) in [4.78, 5) is 11.0. The van der Waals surface area contributed by atoms with E-state index in [9.17, 15) is 9.18 Å². The molecule has 0 amide bonds. The molecule has 1 unspecified atom stereocenters. The molecule has 1 aliphatic heterocycles. The first kappa shape index (κ1) is 12.0. The van der Waals surface area contributed by atoms with E-state index in [4.69, 9.17) is 5.11 Å². The fourth-order valence-electron chi connectivity index (χ4n) is 2.29. The normalized spacial score (nSPS) is 20.2. The smallest absolute Gasteiger partial charge is 0.336 e. The van der Waals surface area contributed by atoms with Gasteiger partial charge >= 0.3 is 5.97 Å². The van der Waals surface area contributed by atoms with E-state index in [2.05, 4.69) is 5.32 Å². The molecule has 0 aliphatic carbocycles. The van der Waals surface area contributed by atoms with Crippen LogP contribution in [0.2, 0.25) is 0 Å². The van der Waals surface area contributed by atoms with Crippen molar-refractivity contribution in [1.29, 1.82) is 0 Å². The number of hydrogen-bond donors (Lipinski definition) is 2. The van der Waals surface area contributed by atoms with Crippen LogP contribution < -0.4 is 5.32 Å². The molecular formula is C13H16FNO2. The highest BCUT2D eigenvalue weighted by molar-refractivity contribution is 5.89. The van der Waals surface area contributed by atoms with Gasteiger partial charge in [0.2, 0.25) is 0 Å². The van der Waals surface area contributed by atoms with E-state index in [0.29, 0.717) is 18.0 Å². The Morgan fingerprint density at radius 2 is 2.29 bits per heavy atom. The Kier molecular flexibility index (Phi) is 3.74. The number of benzene rings is 1. The number of hydrogen-bond acceptors (Lipinski definition) is 2. The number of nitrogens with one attached hydrogen (secondary N) is 1. The molecule has 3 nitrogen and oxygen atoms in total. The molecule has 1 atom stereocenters. The highest BCUT2D eigenvalue weighted by Crippen LogP contribution is 2.17. The molecule has 1 aromatic rings. The van der Waals surface area contributed by atoms with Gasteiger partial charge in [-0.05, 0) is 43.5 Å². The van der Waals surface area contributed by atoms with Gasteiger partial charge in [-0.1, -0.05) is 12.5 Å². The third-order valence-corrected chi connectivity index (χ3v) is 3.18. The predicted molar refractivity (Wildman–Crippen MR) is 62.7 cm³/mol. The average Bonchev–Trinajstić information content (AvgIpc) is 2.32. The van der Waals surface area contributed by atoms with Gasteiger partial charge in [0.1, 0.15) is 5.82 Å². The zero-order chi connectivity index (χ0) is 12.3. The summed E-state index contributed by atoms with van der Waals surface area (Å²) in [5, 5.41) is 12.4. The minimum Gasteiger partial charge on any atom is -0.478 e. The van der Waals surface area contributed by atoms with Crippen molar-refractivity contribution in [3.05, 3.63) is 35.1 Å². The second kappa shape index (κ2) is 5.27. The first-order valence-corrected chi connectivity index (χ1v) is 5.92. The molecule has 17 heavy (non-hydrogen) atoms. The minimum absolute atomic E-state index is 0.0809. The second-order valence-corrected chi connectivity index (χ2v) is 4.46. The van der Waals surface area contributed by atoms with Gasteiger partial charge in [0.25, 0.3) is 0 Å². The highest BCUT2D eigenvalue weighted by Gasteiger charge is 2.17. The van der Waals surface area contributed by atoms with Crippen molar-refractivity contribution >= 4 is 5.97 Å². The van der Waals surface area contributed by atoms with E-state index < -0.39 is 11.8 Å². The molecule has 4 heteroatoms. The Morgan fingerprint density at radius 3 is 2.94 bits per heavy atom. The average molecular weight is 237 g/mol. The summed E-state index contributed by atoms with van der Waals surface area (Å²) in [5.74, 6) is -1.56. The van der Waals surface area contributed by atoms with Crippen LogP contribution in [0.15, 0.2) is 18.2 Å². The quantitative estimate of drug-likeness (QED) is 0.847. The molecule has 0 radical (unpaired) electrons. The molecule has 2 N–H and O–H groups in total. The molecule has 0 bridgehead atoms. The van der Waals surface area contributed by atoms with Gasteiger partial charge in [0.05, 0.1) is 5.56 Å². The lowest BCUT2D eigenvalue weighted by Gasteiger charge is -2.24. The lowest BCUT2D eigenvalue weighted by atomic mass is 9.95. The Hall–Kier alpha value is -1.42. The fourth-order valence-corrected chi connectivity index (χ4v) is 2.29. The Labute approximate surface area is 99.7 Å². The van der Waals surface area contributed by atoms with E-state index in [0.717, 1.165) is 19.0 Å². The van der Waals surface area contributed by atoms with Crippen LogP contribution in [0.3, 0.4) is 0 Å². The van der Waals surface area contributed by atoms with E-state index >= 15 is 0 Å². The molecule has 1 aromatic carbocycles.